The number of ether oxygens (including phenoxy) is 2. The lowest BCUT2D eigenvalue weighted by Gasteiger charge is -2.33. The van der Waals surface area contributed by atoms with Crippen LogP contribution in [0, 0.1) is 12.8 Å². The molecule has 1 N–H and O–H groups in total. The topological polar surface area (TPSA) is 118 Å². The second kappa shape index (κ2) is 14.6. The number of halogens is 2. The number of nitrogens with zero attached hydrogens (tertiary/aromatic N) is 3. The number of sulfonamides is 1. The molecule has 0 radical (unpaired) electrons. The van der Waals surface area contributed by atoms with Crippen molar-refractivity contribution in [3.63, 3.8) is 0 Å². The van der Waals surface area contributed by atoms with Crippen molar-refractivity contribution < 1.29 is 27.5 Å². The van der Waals surface area contributed by atoms with Crippen LogP contribution < -0.4 is 10.1 Å². The van der Waals surface area contributed by atoms with Gasteiger partial charge in [0.25, 0.3) is 0 Å². The number of rotatable bonds is 9. The normalized spacial score (nSPS) is 18.0. The molecular weight excluding hydrogens is 663 g/mol. The molecule has 0 saturated carbocycles. The third-order valence-corrected chi connectivity index (χ3v) is 11.4. The van der Waals surface area contributed by atoms with Crippen LogP contribution in [-0.2, 0) is 26.2 Å². The number of piperidine rings is 1. The molecule has 254 valence electrons. The number of hydrogen-bond acceptors (Lipinski definition) is 7. The Kier molecular flexibility index (Phi) is 10.9. The molecule has 2 saturated heterocycles. The molecule has 2 aromatic carbocycles. The zero-order valence-electron chi connectivity index (χ0n) is 27.2. The minimum atomic E-state index is -4.13. The number of likely N-dealkylation sites (tertiary alicyclic amines) is 1. The van der Waals surface area contributed by atoms with E-state index in [1.54, 1.807) is 11.0 Å². The molecular formula is C34H42Cl2N4O6S. The van der Waals surface area contributed by atoms with Gasteiger partial charge in [-0.15, -0.1) is 0 Å². The summed E-state index contributed by atoms with van der Waals surface area (Å²) in [5, 5.41) is 4.09. The van der Waals surface area contributed by atoms with Gasteiger partial charge in [-0.05, 0) is 90.0 Å². The molecule has 10 nitrogen and oxygen atoms in total. The van der Waals surface area contributed by atoms with Crippen LogP contribution in [0.25, 0.3) is 10.9 Å². The molecule has 0 aliphatic carbocycles. The molecule has 2 aliphatic heterocycles. The first kappa shape index (κ1) is 35.2. The molecule has 3 aromatic rings. The van der Waals surface area contributed by atoms with Crippen molar-refractivity contribution in [3.05, 3.63) is 63.8 Å². The summed E-state index contributed by atoms with van der Waals surface area (Å²) in [7, 11) is -4.13. The molecule has 13 heteroatoms. The molecule has 3 heterocycles. The molecule has 47 heavy (non-hydrogen) atoms. The predicted molar refractivity (Wildman–Crippen MR) is 182 cm³/mol. The number of para-hydroxylation sites is 1. The van der Waals surface area contributed by atoms with Gasteiger partial charge in [0, 0.05) is 47.8 Å². The highest BCUT2D eigenvalue weighted by atomic mass is 35.5. The van der Waals surface area contributed by atoms with E-state index in [1.165, 1.54) is 16.4 Å². The third kappa shape index (κ3) is 8.31. The van der Waals surface area contributed by atoms with Crippen LogP contribution in [0.2, 0.25) is 10.0 Å². The lowest BCUT2D eigenvalue weighted by Crippen LogP contribution is -2.46. The summed E-state index contributed by atoms with van der Waals surface area (Å²) in [5.74, 6) is 0.542. The van der Waals surface area contributed by atoms with Gasteiger partial charge in [-0.3, -0.25) is 4.79 Å². The molecule has 2 aliphatic rings. The number of carbonyl (C=O) groups is 2. The van der Waals surface area contributed by atoms with Crippen LogP contribution in [0.1, 0.15) is 64.1 Å². The van der Waals surface area contributed by atoms with Crippen LogP contribution in [-0.4, -0.2) is 72.4 Å². The number of amides is 2. The molecule has 1 aromatic heterocycles. The van der Waals surface area contributed by atoms with Crippen molar-refractivity contribution in [2.45, 2.75) is 82.9 Å². The third-order valence-electron chi connectivity index (χ3n) is 8.56. The number of benzene rings is 2. The van der Waals surface area contributed by atoms with Crippen molar-refractivity contribution in [3.8, 4) is 5.75 Å². The second-order valence-electron chi connectivity index (χ2n) is 13.2. The number of aromatic nitrogens is 1. The zero-order chi connectivity index (χ0) is 33.9. The summed E-state index contributed by atoms with van der Waals surface area (Å²) in [6.07, 6.45) is 3.03. The highest BCUT2D eigenvalue weighted by Crippen LogP contribution is 2.36. The first-order valence-electron chi connectivity index (χ1n) is 16.0. The van der Waals surface area contributed by atoms with Gasteiger partial charge in [0.2, 0.25) is 15.9 Å². The van der Waals surface area contributed by atoms with Gasteiger partial charge in [-0.25, -0.2) is 18.2 Å². The average molecular weight is 706 g/mol. The fraction of sp³-hybridized carbons (Fsp3) is 0.500. The molecule has 0 unspecified atom stereocenters. The fourth-order valence-corrected chi connectivity index (χ4v) is 8.58. The Labute approximate surface area is 286 Å². The minimum Gasteiger partial charge on any atom is -0.487 e. The zero-order valence-corrected chi connectivity index (χ0v) is 29.6. The number of fused-ring (bicyclic) bond motifs is 1. The van der Waals surface area contributed by atoms with Crippen LogP contribution in [0.15, 0.2) is 47.4 Å². The van der Waals surface area contributed by atoms with Gasteiger partial charge < -0.3 is 19.7 Å². The number of aryl methyl sites for hydroxylation is 1. The summed E-state index contributed by atoms with van der Waals surface area (Å²) in [6, 6.07) is 11.5. The maximum Gasteiger partial charge on any atom is 0.410 e. The predicted octanol–water partition coefficient (Wildman–Crippen LogP) is 6.74. The molecule has 0 spiro atoms. The van der Waals surface area contributed by atoms with Crippen molar-refractivity contribution in [1.82, 2.24) is 19.5 Å². The SMILES string of the molecule is Cc1ccc2cccc(OCc3c(Cl)ccc(S(=O)(=O)N4CCC[C@H]4C(=O)NCCC4CCN(C(=O)OC(C)(C)C)CC4)c3Cl)c2n1. The van der Waals surface area contributed by atoms with E-state index in [4.69, 9.17) is 32.7 Å². The van der Waals surface area contributed by atoms with E-state index < -0.39 is 21.7 Å². The quantitative estimate of drug-likeness (QED) is 0.262. The average Bonchev–Trinajstić information content (AvgIpc) is 3.52. The van der Waals surface area contributed by atoms with Gasteiger partial charge in [0.05, 0.1) is 5.02 Å². The van der Waals surface area contributed by atoms with E-state index in [2.05, 4.69) is 10.3 Å². The fourth-order valence-electron chi connectivity index (χ4n) is 6.06. The molecule has 2 amide bonds. The standard InChI is InChI=1S/C34H42Cl2N4O6S/c1-22-10-11-24-7-5-9-28(31(24)38-22)45-21-25-26(35)12-13-29(30(25)36)47(43,44)40-18-6-8-27(40)32(41)37-17-14-23-15-19-39(20-16-23)33(42)46-34(2,3)4/h5,7,9-13,23,27H,6,8,14-21H2,1-4H3,(H,37,41)/t27-/m0/s1. The summed E-state index contributed by atoms with van der Waals surface area (Å²) in [4.78, 5) is 31.8. The van der Waals surface area contributed by atoms with Gasteiger partial charge in [0.15, 0.2) is 0 Å². The summed E-state index contributed by atoms with van der Waals surface area (Å²) in [6.45, 7) is 9.20. The van der Waals surface area contributed by atoms with Gasteiger partial charge >= 0.3 is 6.09 Å². The summed E-state index contributed by atoms with van der Waals surface area (Å²) in [5.41, 5.74) is 1.31. The Bertz CT molecular complexity index is 1740. The Hall–Kier alpha value is -3.12. The van der Waals surface area contributed by atoms with E-state index in [0.717, 1.165) is 30.3 Å². The first-order valence-corrected chi connectivity index (χ1v) is 18.2. The van der Waals surface area contributed by atoms with Crippen molar-refractivity contribution in [2.24, 2.45) is 5.92 Å². The first-order chi connectivity index (χ1) is 22.2. The second-order valence-corrected chi connectivity index (χ2v) is 15.8. The van der Waals surface area contributed by atoms with Crippen molar-refractivity contribution in [1.29, 1.82) is 0 Å². The number of carbonyl (C=O) groups excluding carboxylic acids is 2. The summed E-state index contributed by atoms with van der Waals surface area (Å²) < 4.78 is 40.7. The molecule has 1 atom stereocenters. The van der Waals surface area contributed by atoms with Crippen LogP contribution >= 0.6 is 23.2 Å². The van der Waals surface area contributed by atoms with E-state index in [9.17, 15) is 18.0 Å². The highest BCUT2D eigenvalue weighted by Gasteiger charge is 2.40. The monoisotopic (exact) mass is 704 g/mol. The summed E-state index contributed by atoms with van der Waals surface area (Å²) >= 11 is 13.2. The lowest BCUT2D eigenvalue weighted by atomic mass is 9.94. The molecule has 0 bridgehead atoms. The van der Waals surface area contributed by atoms with Crippen LogP contribution in [0.4, 0.5) is 4.79 Å². The number of pyridine rings is 1. The van der Waals surface area contributed by atoms with E-state index in [1.807, 2.05) is 52.0 Å². The van der Waals surface area contributed by atoms with Crippen LogP contribution in [0.3, 0.4) is 0 Å². The molecule has 2 fully saturated rings. The number of nitrogens with one attached hydrogen (secondary N) is 1. The Morgan fingerprint density at radius 3 is 2.49 bits per heavy atom. The minimum absolute atomic E-state index is 0.0364. The highest BCUT2D eigenvalue weighted by molar-refractivity contribution is 7.89. The van der Waals surface area contributed by atoms with E-state index in [0.29, 0.717) is 55.2 Å². The van der Waals surface area contributed by atoms with E-state index in [-0.39, 0.29) is 40.1 Å². The maximum atomic E-state index is 13.9. The smallest absolute Gasteiger partial charge is 0.410 e. The lowest BCUT2D eigenvalue weighted by molar-refractivity contribution is -0.124. The van der Waals surface area contributed by atoms with Crippen molar-refractivity contribution in [2.75, 3.05) is 26.2 Å². The Morgan fingerprint density at radius 1 is 1.02 bits per heavy atom. The Morgan fingerprint density at radius 2 is 1.77 bits per heavy atom. The van der Waals surface area contributed by atoms with Gasteiger partial charge in [-0.2, -0.15) is 4.31 Å². The number of hydrogen-bond donors (Lipinski definition) is 1. The van der Waals surface area contributed by atoms with Gasteiger partial charge in [-0.1, -0.05) is 41.4 Å². The van der Waals surface area contributed by atoms with Gasteiger partial charge in [0.1, 0.15) is 34.4 Å². The largest absolute Gasteiger partial charge is 0.487 e. The maximum absolute atomic E-state index is 13.9. The van der Waals surface area contributed by atoms with E-state index >= 15 is 0 Å². The molecule has 5 rings (SSSR count). The van der Waals surface area contributed by atoms with Crippen LogP contribution in [0.5, 0.6) is 5.75 Å². The van der Waals surface area contributed by atoms with Crippen molar-refractivity contribution >= 4 is 56.1 Å². The Balaban J connectivity index is 1.20.